The molecule has 0 unspecified atom stereocenters. The second-order valence-corrected chi connectivity index (χ2v) is 4.98. The third-order valence-electron chi connectivity index (χ3n) is 2.22. The van der Waals surface area contributed by atoms with Crippen LogP contribution < -0.4 is 5.73 Å². The van der Waals surface area contributed by atoms with Crippen LogP contribution in [-0.2, 0) is 6.54 Å². The van der Waals surface area contributed by atoms with Gasteiger partial charge in [0.2, 0.25) is 0 Å². The van der Waals surface area contributed by atoms with Crippen LogP contribution in [-0.4, -0.2) is 4.98 Å². The number of hydrogen-bond acceptors (Lipinski definition) is 1. The van der Waals surface area contributed by atoms with E-state index in [9.17, 15) is 0 Å². The molecule has 1 aromatic carbocycles. The van der Waals surface area contributed by atoms with Gasteiger partial charge in [-0.05, 0) is 29.8 Å². The molecule has 0 bridgehead atoms. The van der Waals surface area contributed by atoms with Gasteiger partial charge < -0.3 is 10.7 Å². The molecule has 0 radical (unpaired) electrons. The van der Waals surface area contributed by atoms with E-state index in [2.05, 4.69) is 36.8 Å². The molecule has 2 nitrogen and oxygen atoms in total. The van der Waals surface area contributed by atoms with Crippen LogP contribution in [0.4, 0.5) is 0 Å². The Morgan fingerprint density at radius 1 is 1.27 bits per heavy atom. The SMILES string of the molecule is NCc1cc(Br)cc(Br)c1-c1ccc[nH]1. The Morgan fingerprint density at radius 3 is 2.67 bits per heavy atom. The highest BCUT2D eigenvalue weighted by molar-refractivity contribution is 9.11. The zero-order valence-corrected chi connectivity index (χ0v) is 11.1. The summed E-state index contributed by atoms with van der Waals surface area (Å²) in [5.74, 6) is 0. The molecule has 0 spiro atoms. The van der Waals surface area contributed by atoms with Crippen molar-refractivity contribution in [2.24, 2.45) is 5.73 Å². The fourth-order valence-corrected chi connectivity index (χ4v) is 3.10. The van der Waals surface area contributed by atoms with E-state index in [0.717, 1.165) is 25.8 Å². The topological polar surface area (TPSA) is 41.8 Å². The Labute approximate surface area is 105 Å². The molecule has 1 heterocycles. The lowest BCUT2D eigenvalue weighted by molar-refractivity contribution is 1.07. The minimum atomic E-state index is 0.520. The van der Waals surface area contributed by atoms with E-state index in [1.165, 1.54) is 0 Å². The van der Waals surface area contributed by atoms with Gasteiger partial charge in [-0.2, -0.15) is 0 Å². The fourth-order valence-electron chi connectivity index (χ4n) is 1.58. The first-order valence-corrected chi connectivity index (χ1v) is 6.12. The van der Waals surface area contributed by atoms with Crippen molar-refractivity contribution in [3.05, 3.63) is 45.0 Å². The van der Waals surface area contributed by atoms with Crippen LogP contribution >= 0.6 is 31.9 Å². The summed E-state index contributed by atoms with van der Waals surface area (Å²) >= 11 is 7.01. The van der Waals surface area contributed by atoms with Crippen molar-refractivity contribution >= 4 is 31.9 Å². The number of aromatic nitrogens is 1. The third kappa shape index (κ3) is 2.17. The summed E-state index contributed by atoms with van der Waals surface area (Å²) in [6, 6.07) is 8.08. The molecule has 0 aliphatic carbocycles. The van der Waals surface area contributed by atoms with Crippen LogP contribution in [0.15, 0.2) is 39.4 Å². The Morgan fingerprint density at radius 2 is 2.07 bits per heavy atom. The molecule has 0 aliphatic rings. The first kappa shape index (κ1) is 10.9. The van der Waals surface area contributed by atoms with E-state index in [4.69, 9.17) is 5.73 Å². The number of nitrogens with two attached hydrogens (primary N) is 1. The number of halogens is 2. The van der Waals surface area contributed by atoms with Crippen LogP contribution in [0.2, 0.25) is 0 Å². The Hall–Kier alpha value is -0.580. The molecule has 1 aromatic heterocycles. The minimum Gasteiger partial charge on any atom is -0.361 e. The average Bonchev–Trinajstić information content (AvgIpc) is 2.69. The molecule has 0 atom stereocenters. The molecular formula is C11H10Br2N2. The first-order valence-electron chi connectivity index (χ1n) is 4.54. The quantitative estimate of drug-likeness (QED) is 0.867. The van der Waals surface area contributed by atoms with Gasteiger partial charge >= 0.3 is 0 Å². The summed E-state index contributed by atoms with van der Waals surface area (Å²) in [7, 11) is 0. The Bertz CT molecular complexity index is 464. The molecule has 0 amide bonds. The number of nitrogens with one attached hydrogen (secondary N) is 1. The molecule has 0 saturated heterocycles. The standard InChI is InChI=1S/C11H10Br2N2/c12-8-4-7(6-14)11(9(13)5-8)10-2-1-3-15-10/h1-5,15H,6,14H2. The van der Waals surface area contributed by atoms with Crippen LogP contribution in [0.3, 0.4) is 0 Å². The lowest BCUT2D eigenvalue weighted by atomic mass is 10.1. The van der Waals surface area contributed by atoms with Crippen molar-refractivity contribution in [1.82, 2.24) is 4.98 Å². The third-order valence-corrected chi connectivity index (χ3v) is 3.31. The van der Waals surface area contributed by atoms with Gasteiger partial charge in [-0.15, -0.1) is 0 Å². The van der Waals surface area contributed by atoms with Gasteiger partial charge in [0, 0.05) is 32.9 Å². The maximum Gasteiger partial charge on any atom is 0.0468 e. The maximum atomic E-state index is 5.74. The van der Waals surface area contributed by atoms with Gasteiger partial charge in [-0.1, -0.05) is 31.9 Å². The van der Waals surface area contributed by atoms with E-state index >= 15 is 0 Å². The molecule has 4 heteroatoms. The summed E-state index contributed by atoms with van der Waals surface area (Å²) in [5.41, 5.74) is 9.06. The average molecular weight is 330 g/mol. The maximum absolute atomic E-state index is 5.74. The normalized spacial score (nSPS) is 10.6. The van der Waals surface area contributed by atoms with E-state index in [0.29, 0.717) is 6.54 Å². The van der Waals surface area contributed by atoms with Crippen molar-refractivity contribution in [1.29, 1.82) is 0 Å². The summed E-state index contributed by atoms with van der Waals surface area (Å²) in [5, 5.41) is 0. The molecule has 2 aromatic rings. The summed E-state index contributed by atoms with van der Waals surface area (Å²) < 4.78 is 2.07. The van der Waals surface area contributed by atoms with Crippen molar-refractivity contribution in [3.63, 3.8) is 0 Å². The largest absolute Gasteiger partial charge is 0.361 e. The summed E-state index contributed by atoms with van der Waals surface area (Å²) in [4.78, 5) is 3.19. The van der Waals surface area contributed by atoms with Crippen molar-refractivity contribution in [3.8, 4) is 11.3 Å². The van der Waals surface area contributed by atoms with Gasteiger partial charge in [0.15, 0.2) is 0 Å². The number of hydrogen-bond donors (Lipinski definition) is 2. The molecule has 78 valence electrons. The smallest absolute Gasteiger partial charge is 0.0468 e. The molecule has 15 heavy (non-hydrogen) atoms. The number of rotatable bonds is 2. The molecule has 3 N–H and O–H groups in total. The monoisotopic (exact) mass is 328 g/mol. The predicted molar refractivity (Wildman–Crippen MR) is 69.5 cm³/mol. The second-order valence-electron chi connectivity index (χ2n) is 3.21. The zero-order valence-electron chi connectivity index (χ0n) is 7.93. The van der Waals surface area contributed by atoms with Crippen LogP contribution in [0.1, 0.15) is 5.56 Å². The Kier molecular flexibility index (Phi) is 3.29. The van der Waals surface area contributed by atoms with Gasteiger partial charge in [-0.25, -0.2) is 0 Å². The van der Waals surface area contributed by atoms with Crippen molar-refractivity contribution in [2.75, 3.05) is 0 Å². The van der Waals surface area contributed by atoms with Crippen LogP contribution in [0.5, 0.6) is 0 Å². The summed E-state index contributed by atoms with van der Waals surface area (Å²) in [6.07, 6.45) is 1.91. The number of aromatic amines is 1. The van der Waals surface area contributed by atoms with E-state index < -0.39 is 0 Å². The molecule has 0 fully saturated rings. The minimum absolute atomic E-state index is 0.520. The fraction of sp³-hybridized carbons (Fsp3) is 0.0909. The highest BCUT2D eigenvalue weighted by Gasteiger charge is 2.10. The first-order chi connectivity index (χ1) is 7.22. The molecule has 0 saturated carbocycles. The molecule has 0 aliphatic heterocycles. The summed E-state index contributed by atoms with van der Waals surface area (Å²) in [6.45, 7) is 0.520. The highest BCUT2D eigenvalue weighted by Crippen LogP contribution is 2.33. The zero-order chi connectivity index (χ0) is 10.8. The number of H-pyrrole nitrogens is 1. The highest BCUT2D eigenvalue weighted by atomic mass is 79.9. The predicted octanol–water partition coefficient (Wildman–Crippen LogP) is 3.67. The van der Waals surface area contributed by atoms with Gasteiger partial charge in [-0.3, -0.25) is 0 Å². The second kappa shape index (κ2) is 4.51. The van der Waals surface area contributed by atoms with Crippen LogP contribution in [0, 0.1) is 0 Å². The van der Waals surface area contributed by atoms with Crippen molar-refractivity contribution < 1.29 is 0 Å². The van der Waals surface area contributed by atoms with Gasteiger partial charge in [0.25, 0.3) is 0 Å². The molecule has 2 rings (SSSR count). The van der Waals surface area contributed by atoms with E-state index in [1.54, 1.807) is 0 Å². The van der Waals surface area contributed by atoms with Crippen molar-refractivity contribution in [2.45, 2.75) is 6.54 Å². The number of benzene rings is 1. The van der Waals surface area contributed by atoms with Crippen LogP contribution in [0.25, 0.3) is 11.3 Å². The molecular weight excluding hydrogens is 320 g/mol. The van der Waals surface area contributed by atoms with E-state index in [1.807, 2.05) is 30.5 Å². The lowest BCUT2D eigenvalue weighted by Gasteiger charge is -2.09. The van der Waals surface area contributed by atoms with Gasteiger partial charge in [0.05, 0.1) is 0 Å². The lowest BCUT2D eigenvalue weighted by Crippen LogP contribution is -2.00. The Balaban J connectivity index is 2.64. The van der Waals surface area contributed by atoms with Gasteiger partial charge in [0.1, 0.15) is 0 Å². The van der Waals surface area contributed by atoms with E-state index in [-0.39, 0.29) is 0 Å².